The Labute approximate surface area is 116 Å². The van der Waals surface area contributed by atoms with Gasteiger partial charge in [-0.25, -0.2) is 9.18 Å². The first kappa shape index (κ1) is 14.2. The lowest BCUT2D eigenvalue weighted by Gasteiger charge is -2.08. The van der Waals surface area contributed by atoms with Gasteiger partial charge in [-0.2, -0.15) is 0 Å². The molecular formula is C16H15FO3. The van der Waals surface area contributed by atoms with Crippen molar-refractivity contribution in [3.63, 3.8) is 0 Å². The second-order valence-electron chi connectivity index (χ2n) is 4.43. The van der Waals surface area contributed by atoms with Crippen LogP contribution >= 0.6 is 0 Å². The molecule has 0 saturated carbocycles. The molecule has 2 aromatic rings. The monoisotopic (exact) mass is 274 g/mol. The Kier molecular flexibility index (Phi) is 4.48. The summed E-state index contributed by atoms with van der Waals surface area (Å²) < 4.78 is 18.2. The van der Waals surface area contributed by atoms with Crippen molar-refractivity contribution in [3.05, 3.63) is 59.4 Å². The molecule has 0 aliphatic carbocycles. The van der Waals surface area contributed by atoms with Crippen molar-refractivity contribution < 1.29 is 19.0 Å². The molecule has 0 aromatic heterocycles. The second kappa shape index (κ2) is 6.30. The summed E-state index contributed by atoms with van der Waals surface area (Å²) >= 11 is 0. The topological polar surface area (TPSA) is 46.5 Å². The number of carbonyl (C=O) groups is 1. The van der Waals surface area contributed by atoms with Crippen molar-refractivity contribution in [1.82, 2.24) is 0 Å². The molecule has 2 rings (SSSR count). The van der Waals surface area contributed by atoms with Crippen LogP contribution in [0, 0.1) is 5.82 Å². The minimum Gasteiger partial charge on any atom is -0.478 e. The summed E-state index contributed by atoms with van der Waals surface area (Å²) in [7, 11) is 1.64. The first-order chi connectivity index (χ1) is 9.61. The van der Waals surface area contributed by atoms with Gasteiger partial charge in [-0.1, -0.05) is 30.3 Å². The van der Waals surface area contributed by atoms with E-state index in [1.807, 2.05) is 24.3 Å². The van der Waals surface area contributed by atoms with E-state index in [-0.39, 0.29) is 5.56 Å². The molecule has 104 valence electrons. The molecule has 0 heterocycles. The molecular weight excluding hydrogens is 259 g/mol. The normalized spacial score (nSPS) is 10.5. The molecule has 0 radical (unpaired) electrons. The highest BCUT2D eigenvalue weighted by molar-refractivity contribution is 5.96. The number of ether oxygens (including phenoxy) is 1. The van der Waals surface area contributed by atoms with Crippen LogP contribution < -0.4 is 0 Å². The van der Waals surface area contributed by atoms with Crippen LogP contribution in [0.3, 0.4) is 0 Å². The van der Waals surface area contributed by atoms with Gasteiger partial charge >= 0.3 is 5.97 Å². The Morgan fingerprint density at radius 1 is 1.20 bits per heavy atom. The number of carboxylic acid groups (broad SMARTS) is 1. The van der Waals surface area contributed by atoms with Crippen LogP contribution in [0.1, 0.15) is 15.9 Å². The fourth-order valence-corrected chi connectivity index (χ4v) is 2.02. The van der Waals surface area contributed by atoms with Gasteiger partial charge in [0.05, 0.1) is 12.2 Å². The molecule has 0 aliphatic heterocycles. The molecule has 0 unspecified atom stereocenters. The maximum Gasteiger partial charge on any atom is 0.336 e. The number of benzene rings is 2. The molecule has 0 fully saturated rings. The molecule has 0 bridgehead atoms. The zero-order valence-electron chi connectivity index (χ0n) is 11.1. The largest absolute Gasteiger partial charge is 0.478 e. The molecule has 0 spiro atoms. The van der Waals surface area contributed by atoms with E-state index in [0.29, 0.717) is 12.2 Å². The van der Waals surface area contributed by atoms with Crippen molar-refractivity contribution in [1.29, 1.82) is 0 Å². The molecule has 4 heteroatoms. The van der Waals surface area contributed by atoms with Gasteiger partial charge in [-0.3, -0.25) is 0 Å². The van der Waals surface area contributed by atoms with Crippen LogP contribution in [0.25, 0.3) is 11.1 Å². The number of hydrogen-bond acceptors (Lipinski definition) is 2. The van der Waals surface area contributed by atoms with Crippen LogP contribution in [0.2, 0.25) is 0 Å². The number of carboxylic acids is 1. The molecule has 0 aliphatic rings. The third-order valence-electron chi connectivity index (χ3n) is 3.07. The molecule has 0 atom stereocenters. The van der Waals surface area contributed by atoms with Gasteiger partial charge in [-0.15, -0.1) is 0 Å². The zero-order valence-corrected chi connectivity index (χ0v) is 11.1. The second-order valence-corrected chi connectivity index (χ2v) is 4.43. The Balaban J connectivity index is 2.34. The van der Waals surface area contributed by atoms with Crippen molar-refractivity contribution >= 4 is 5.97 Å². The summed E-state index contributed by atoms with van der Waals surface area (Å²) in [5.74, 6) is -1.69. The maximum atomic E-state index is 13.1. The summed E-state index contributed by atoms with van der Waals surface area (Å²) in [6.07, 6.45) is 0.798. The third-order valence-corrected chi connectivity index (χ3v) is 3.07. The third kappa shape index (κ3) is 3.22. The fraction of sp³-hybridized carbons (Fsp3) is 0.188. The molecule has 2 aromatic carbocycles. The quantitative estimate of drug-likeness (QED) is 0.909. The Hall–Kier alpha value is -2.20. The molecule has 20 heavy (non-hydrogen) atoms. The summed E-state index contributed by atoms with van der Waals surface area (Å²) in [5, 5.41) is 9.14. The number of methoxy groups -OCH3 is 1. The summed E-state index contributed by atoms with van der Waals surface area (Å²) in [4.78, 5) is 11.2. The van der Waals surface area contributed by atoms with Gasteiger partial charge in [0.15, 0.2) is 0 Å². The fourth-order valence-electron chi connectivity index (χ4n) is 2.02. The highest BCUT2D eigenvalue weighted by Crippen LogP contribution is 2.25. The van der Waals surface area contributed by atoms with Crippen LogP contribution in [0.4, 0.5) is 4.39 Å². The summed E-state index contributed by atoms with van der Waals surface area (Å²) in [6.45, 7) is 0.635. The van der Waals surface area contributed by atoms with E-state index in [9.17, 15) is 9.18 Å². The maximum absolute atomic E-state index is 13.1. The first-order valence-electron chi connectivity index (χ1n) is 6.23. The Bertz CT molecular complexity index is 606. The number of aromatic carboxylic acids is 1. The van der Waals surface area contributed by atoms with E-state index >= 15 is 0 Å². The first-order valence-corrected chi connectivity index (χ1v) is 6.23. The standard InChI is InChI=1S/C16H15FO3/c1-20-9-8-11-2-4-12(5-3-11)14-7-6-13(17)10-15(14)16(18)19/h2-7,10H,8-9H2,1H3,(H,18,19). The van der Waals surface area contributed by atoms with Gasteiger partial charge in [0.1, 0.15) is 5.82 Å². The number of rotatable bonds is 5. The van der Waals surface area contributed by atoms with E-state index < -0.39 is 11.8 Å². The molecule has 0 amide bonds. The van der Waals surface area contributed by atoms with Gasteiger partial charge in [-0.05, 0) is 35.2 Å². The van der Waals surface area contributed by atoms with Gasteiger partial charge in [0.25, 0.3) is 0 Å². The van der Waals surface area contributed by atoms with Crippen LogP contribution in [-0.4, -0.2) is 24.8 Å². The highest BCUT2D eigenvalue weighted by Gasteiger charge is 2.12. The van der Waals surface area contributed by atoms with Crippen LogP contribution in [0.15, 0.2) is 42.5 Å². The molecule has 1 N–H and O–H groups in total. The predicted octanol–water partition coefficient (Wildman–Crippen LogP) is 3.38. The summed E-state index contributed by atoms with van der Waals surface area (Å²) in [6, 6.07) is 11.3. The smallest absolute Gasteiger partial charge is 0.336 e. The Morgan fingerprint density at radius 3 is 2.50 bits per heavy atom. The van der Waals surface area contributed by atoms with Crippen molar-refractivity contribution in [2.24, 2.45) is 0 Å². The zero-order chi connectivity index (χ0) is 14.5. The van der Waals surface area contributed by atoms with E-state index in [2.05, 4.69) is 0 Å². The van der Waals surface area contributed by atoms with Gasteiger partial charge < -0.3 is 9.84 Å². The van der Waals surface area contributed by atoms with E-state index in [1.165, 1.54) is 12.1 Å². The lowest BCUT2D eigenvalue weighted by Crippen LogP contribution is -2.00. The van der Waals surface area contributed by atoms with Crippen molar-refractivity contribution in [2.75, 3.05) is 13.7 Å². The van der Waals surface area contributed by atoms with E-state index in [1.54, 1.807) is 7.11 Å². The highest BCUT2D eigenvalue weighted by atomic mass is 19.1. The van der Waals surface area contributed by atoms with Gasteiger partial charge in [0.2, 0.25) is 0 Å². The SMILES string of the molecule is COCCc1ccc(-c2ccc(F)cc2C(=O)O)cc1. The minimum absolute atomic E-state index is 0.0327. The average molecular weight is 274 g/mol. The van der Waals surface area contributed by atoms with E-state index in [0.717, 1.165) is 23.6 Å². The van der Waals surface area contributed by atoms with Crippen molar-refractivity contribution in [3.8, 4) is 11.1 Å². The predicted molar refractivity (Wildman–Crippen MR) is 74.4 cm³/mol. The number of halogens is 1. The lowest BCUT2D eigenvalue weighted by molar-refractivity contribution is 0.0697. The van der Waals surface area contributed by atoms with Crippen molar-refractivity contribution in [2.45, 2.75) is 6.42 Å². The Morgan fingerprint density at radius 2 is 1.90 bits per heavy atom. The van der Waals surface area contributed by atoms with E-state index in [4.69, 9.17) is 9.84 Å². The van der Waals surface area contributed by atoms with Crippen LogP contribution in [0.5, 0.6) is 0 Å². The minimum atomic E-state index is -1.14. The van der Waals surface area contributed by atoms with Gasteiger partial charge in [0, 0.05) is 7.11 Å². The van der Waals surface area contributed by atoms with Crippen LogP contribution in [-0.2, 0) is 11.2 Å². The molecule has 3 nitrogen and oxygen atoms in total. The average Bonchev–Trinajstić information content (AvgIpc) is 2.45. The lowest BCUT2D eigenvalue weighted by atomic mass is 9.98. The number of hydrogen-bond donors (Lipinski definition) is 1. The summed E-state index contributed by atoms with van der Waals surface area (Å²) in [5.41, 5.74) is 2.34. The molecule has 0 saturated heterocycles.